The van der Waals surface area contributed by atoms with Crippen molar-refractivity contribution in [2.75, 3.05) is 33.3 Å². The van der Waals surface area contributed by atoms with Crippen molar-refractivity contribution in [2.45, 2.75) is 32.8 Å². The molecule has 0 aromatic carbocycles. The van der Waals surface area contributed by atoms with Crippen LogP contribution in [0.4, 0.5) is 0 Å². The third-order valence-electron chi connectivity index (χ3n) is 2.90. The molecule has 0 aliphatic carbocycles. The zero-order valence-corrected chi connectivity index (χ0v) is 10.7. The smallest absolute Gasteiger partial charge is 0.248 e. The molecule has 94 valence electrons. The summed E-state index contributed by atoms with van der Waals surface area (Å²) in [5.41, 5.74) is 0. The molecule has 0 spiro atoms. The highest BCUT2D eigenvalue weighted by atomic mass is 16.5. The summed E-state index contributed by atoms with van der Waals surface area (Å²) in [5, 5.41) is 3.18. The maximum atomic E-state index is 11.8. The summed E-state index contributed by atoms with van der Waals surface area (Å²) < 4.78 is 5.35. The van der Waals surface area contributed by atoms with E-state index >= 15 is 0 Å². The number of amides is 1. The molecule has 1 aliphatic heterocycles. The van der Waals surface area contributed by atoms with Gasteiger partial charge in [0.25, 0.3) is 0 Å². The highest BCUT2D eigenvalue weighted by Crippen LogP contribution is 2.15. The molecule has 0 aromatic heterocycles. The Morgan fingerprint density at radius 3 is 2.94 bits per heavy atom. The lowest BCUT2D eigenvalue weighted by atomic mass is 9.98. The number of hydrogen-bond donors (Lipinski definition) is 1. The highest BCUT2D eigenvalue weighted by Gasteiger charge is 2.23. The van der Waals surface area contributed by atoms with Gasteiger partial charge in [0.05, 0.1) is 6.10 Å². The Hall–Kier alpha value is -0.610. The molecule has 0 aromatic rings. The Kier molecular flexibility index (Phi) is 5.77. The zero-order valence-electron chi connectivity index (χ0n) is 10.7. The zero-order chi connectivity index (χ0) is 12.0. The number of nitrogens with one attached hydrogen (secondary N) is 1. The summed E-state index contributed by atoms with van der Waals surface area (Å²) in [7, 11) is 1.96. The van der Waals surface area contributed by atoms with Gasteiger partial charge in [-0.2, -0.15) is 0 Å². The van der Waals surface area contributed by atoms with Crippen molar-refractivity contribution in [1.82, 2.24) is 10.2 Å². The molecule has 1 saturated heterocycles. The first-order chi connectivity index (χ1) is 7.63. The first-order valence-electron chi connectivity index (χ1n) is 6.17. The normalized spacial score (nSPS) is 21.5. The Morgan fingerprint density at radius 2 is 2.31 bits per heavy atom. The molecular formula is C12H24N2O2. The molecule has 4 heteroatoms. The van der Waals surface area contributed by atoms with Gasteiger partial charge in [0.1, 0.15) is 6.61 Å². The van der Waals surface area contributed by atoms with E-state index in [9.17, 15) is 4.79 Å². The minimum atomic E-state index is 0.127. The molecule has 1 heterocycles. The van der Waals surface area contributed by atoms with Crippen LogP contribution in [0, 0.1) is 5.92 Å². The molecule has 1 amide bonds. The van der Waals surface area contributed by atoms with Crippen molar-refractivity contribution in [3.8, 4) is 0 Å². The van der Waals surface area contributed by atoms with Crippen molar-refractivity contribution in [2.24, 2.45) is 5.92 Å². The van der Waals surface area contributed by atoms with E-state index in [0.29, 0.717) is 5.92 Å². The maximum Gasteiger partial charge on any atom is 0.248 e. The van der Waals surface area contributed by atoms with E-state index in [1.165, 1.54) is 6.42 Å². The minimum absolute atomic E-state index is 0.127. The van der Waals surface area contributed by atoms with Gasteiger partial charge in [-0.3, -0.25) is 4.79 Å². The van der Waals surface area contributed by atoms with E-state index in [4.69, 9.17) is 4.74 Å². The van der Waals surface area contributed by atoms with Gasteiger partial charge in [0.15, 0.2) is 0 Å². The second-order valence-electron chi connectivity index (χ2n) is 4.77. The lowest BCUT2D eigenvalue weighted by Gasteiger charge is -2.32. The van der Waals surface area contributed by atoms with Crippen LogP contribution >= 0.6 is 0 Å². The van der Waals surface area contributed by atoms with Gasteiger partial charge in [-0.15, -0.1) is 0 Å². The molecule has 1 fully saturated rings. The molecule has 1 N–H and O–H groups in total. The second kappa shape index (κ2) is 6.86. The fraction of sp³-hybridized carbons (Fsp3) is 0.917. The van der Waals surface area contributed by atoms with Crippen LogP contribution in [0.5, 0.6) is 0 Å². The fourth-order valence-corrected chi connectivity index (χ4v) is 2.08. The summed E-state index contributed by atoms with van der Waals surface area (Å²) in [4.78, 5) is 13.8. The van der Waals surface area contributed by atoms with Gasteiger partial charge < -0.3 is 15.0 Å². The molecule has 16 heavy (non-hydrogen) atoms. The first kappa shape index (κ1) is 13.5. The van der Waals surface area contributed by atoms with Crippen LogP contribution in [-0.2, 0) is 9.53 Å². The number of rotatable bonds is 5. The molecule has 1 aliphatic rings. The maximum absolute atomic E-state index is 11.8. The number of carbonyl (C=O) groups excluding carboxylic acids is 1. The van der Waals surface area contributed by atoms with Gasteiger partial charge >= 0.3 is 0 Å². The number of carbonyl (C=O) groups is 1. The minimum Gasteiger partial charge on any atom is -0.369 e. The predicted octanol–water partition coefficient (Wildman–Crippen LogP) is 0.869. The van der Waals surface area contributed by atoms with Crippen LogP contribution in [0.1, 0.15) is 26.7 Å². The fourth-order valence-electron chi connectivity index (χ4n) is 2.08. The summed E-state index contributed by atoms with van der Waals surface area (Å²) in [6, 6.07) is 0. The number of piperidine rings is 1. The van der Waals surface area contributed by atoms with Crippen molar-refractivity contribution in [1.29, 1.82) is 0 Å². The Balaban J connectivity index is 2.32. The van der Waals surface area contributed by atoms with Crippen molar-refractivity contribution >= 4 is 5.91 Å². The number of hydrogen-bond acceptors (Lipinski definition) is 3. The Labute approximate surface area is 98.3 Å². The first-order valence-corrected chi connectivity index (χ1v) is 6.17. The average Bonchev–Trinajstić information content (AvgIpc) is 2.26. The molecule has 4 nitrogen and oxygen atoms in total. The lowest BCUT2D eigenvalue weighted by molar-refractivity contribution is -0.139. The van der Waals surface area contributed by atoms with E-state index in [2.05, 4.69) is 5.32 Å². The van der Waals surface area contributed by atoms with Crippen molar-refractivity contribution in [3.05, 3.63) is 0 Å². The summed E-state index contributed by atoms with van der Waals surface area (Å²) in [5.74, 6) is 0.733. The largest absolute Gasteiger partial charge is 0.369 e. The third-order valence-corrected chi connectivity index (χ3v) is 2.90. The molecular weight excluding hydrogens is 204 g/mol. The molecule has 1 unspecified atom stereocenters. The molecule has 1 atom stereocenters. The standard InChI is InChI=1S/C12H24N2O2/c1-10(2)16-9-12(15)14-6-4-5-11(8-14)7-13-3/h10-11,13H,4-9H2,1-3H3. The second-order valence-corrected chi connectivity index (χ2v) is 4.77. The van der Waals surface area contributed by atoms with Gasteiger partial charge in [-0.1, -0.05) is 0 Å². The van der Waals surface area contributed by atoms with E-state index in [1.807, 2.05) is 25.8 Å². The van der Waals surface area contributed by atoms with Crippen LogP contribution < -0.4 is 5.32 Å². The summed E-state index contributed by atoms with van der Waals surface area (Å²) >= 11 is 0. The number of likely N-dealkylation sites (tertiary alicyclic amines) is 1. The predicted molar refractivity (Wildman–Crippen MR) is 64.3 cm³/mol. The van der Waals surface area contributed by atoms with Crippen LogP contribution in [0.2, 0.25) is 0 Å². The lowest BCUT2D eigenvalue weighted by Crippen LogP contribution is -2.44. The van der Waals surface area contributed by atoms with Crippen molar-refractivity contribution in [3.63, 3.8) is 0 Å². The average molecular weight is 228 g/mol. The van der Waals surface area contributed by atoms with Crippen LogP contribution in [0.15, 0.2) is 0 Å². The van der Waals surface area contributed by atoms with Gasteiger partial charge in [-0.25, -0.2) is 0 Å². The van der Waals surface area contributed by atoms with E-state index in [1.54, 1.807) is 0 Å². The molecule has 0 bridgehead atoms. The summed E-state index contributed by atoms with van der Waals surface area (Å²) in [6.07, 6.45) is 2.46. The number of nitrogens with zero attached hydrogens (tertiary/aromatic N) is 1. The van der Waals surface area contributed by atoms with Gasteiger partial charge in [0, 0.05) is 13.1 Å². The van der Waals surface area contributed by atoms with E-state index in [-0.39, 0.29) is 18.6 Å². The van der Waals surface area contributed by atoms with Crippen LogP contribution in [-0.4, -0.2) is 50.2 Å². The van der Waals surface area contributed by atoms with Crippen LogP contribution in [0.25, 0.3) is 0 Å². The molecule has 0 saturated carbocycles. The third kappa shape index (κ3) is 4.49. The summed E-state index contributed by atoms with van der Waals surface area (Å²) in [6.45, 7) is 6.89. The SMILES string of the molecule is CNCC1CCCN(C(=O)COC(C)C)C1. The van der Waals surface area contributed by atoms with Crippen molar-refractivity contribution < 1.29 is 9.53 Å². The van der Waals surface area contributed by atoms with E-state index in [0.717, 1.165) is 26.1 Å². The Bertz CT molecular complexity index is 217. The van der Waals surface area contributed by atoms with Crippen LogP contribution in [0.3, 0.4) is 0 Å². The van der Waals surface area contributed by atoms with Gasteiger partial charge in [-0.05, 0) is 46.2 Å². The van der Waals surface area contributed by atoms with E-state index < -0.39 is 0 Å². The topological polar surface area (TPSA) is 41.6 Å². The van der Waals surface area contributed by atoms with Gasteiger partial charge in [0.2, 0.25) is 5.91 Å². The highest BCUT2D eigenvalue weighted by molar-refractivity contribution is 5.77. The molecule has 1 rings (SSSR count). The number of ether oxygens (including phenoxy) is 1. The Morgan fingerprint density at radius 1 is 1.56 bits per heavy atom. The monoisotopic (exact) mass is 228 g/mol. The quantitative estimate of drug-likeness (QED) is 0.759. The molecule has 0 radical (unpaired) electrons.